The van der Waals surface area contributed by atoms with Gasteiger partial charge in [0.2, 0.25) is 0 Å². The molecule has 0 aliphatic heterocycles. The number of rotatable bonds is 14. The van der Waals surface area contributed by atoms with E-state index < -0.39 is 0 Å². The molecule has 0 aliphatic carbocycles. The van der Waals surface area contributed by atoms with Crippen LogP contribution in [0.5, 0.6) is 0 Å². The van der Waals surface area contributed by atoms with E-state index in [1.54, 1.807) is 0 Å². The highest BCUT2D eigenvalue weighted by molar-refractivity contribution is 5.14. The Labute approximate surface area is 132 Å². The Morgan fingerprint density at radius 1 is 0.667 bits per heavy atom. The fraction of sp³-hybridized carbons (Fsp3) is 0.700. The number of benzene rings is 1. The van der Waals surface area contributed by atoms with Crippen LogP contribution in [-0.4, -0.2) is 13.2 Å². The Balaban J connectivity index is 1.75. The highest BCUT2D eigenvalue weighted by Crippen LogP contribution is 2.10. The van der Waals surface area contributed by atoms with Crippen LogP contribution in [0, 0.1) is 0 Å². The molecule has 0 fully saturated rings. The lowest BCUT2D eigenvalue weighted by Crippen LogP contribution is -2.00. The van der Waals surface area contributed by atoms with Crippen molar-refractivity contribution in [3.8, 4) is 0 Å². The first kappa shape index (κ1) is 18.2. The predicted octanol–water partition coefficient (Wildman–Crippen LogP) is 6.17. The second kappa shape index (κ2) is 14.1. The summed E-state index contributed by atoms with van der Waals surface area (Å²) >= 11 is 0. The maximum Gasteiger partial charge on any atom is 0.0506 e. The molecule has 0 aromatic heterocycles. The number of hydrogen-bond acceptors (Lipinski definition) is 1. The zero-order valence-electron chi connectivity index (χ0n) is 14.0. The van der Waals surface area contributed by atoms with Crippen LogP contribution in [0.15, 0.2) is 30.3 Å². The molecule has 0 spiro atoms. The number of unbranched alkanes of at least 4 members (excludes halogenated alkanes) is 9. The third-order valence-corrected chi connectivity index (χ3v) is 4.02. The molecule has 0 heterocycles. The Kier molecular flexibility index (Phi) is 12.3. The van der Waals surface area contributed by atoms with Gasteiger partial charge in [-0.05, 0) is 18.4 Å². The molecule has 0 amide bonds. The van der Waals surface area contributed by atoms with E-state index in [0.29, 0.717) is 0 Å². The molecule has 21 heavy (non-hydrogen) atoms. The van der Waals surface area contributed by atoms with Crippen LogP contribution >= 0.6 is 0 Å². The Hall–Kier alpha value is -0.820. The molecule has 0 bridgehead atoms. The van der Waals surface area contributed by atoms with Crippen LogP contribution in [0.2, 0.25) is 0 Å². The molecule has 0 N–H and O–H groups in total. The highest BCUT2D eigenvalue weighted by atomic mass is 16.5. The first-order chi connectivity index (χ1) is 10.4. The number of hydrogen-bond donors (Lipinski definition) is 0. The zero-order valence-corrected chi connectivity index (χ0v) is 14.0. The molecule has 0 saturated heterocycles. The van der Waals surface area contributed by atoms with Gasteiger partial charge in [0, 0.05) is 6.61 Å². The molecule has 120 valence electrons. The summed E-state index contributed by atoms with van der Waals surface area (Å²) in [6.45, 7) is 4.08. The summed E-state index contributed by atoms with van der Waals surface area (Å²) in [4.78, 5) is 0. The number of ether oxygens (including phenoxy) is 1. The molecule has 1 aromatic rings. The van der Waals surface area contributed by atoms with Crippen LogP contribution in [0.1, 0.15) is 76.7 Å². The van der Waals surface area contributed by atoms with Gasteiger partial charge in [-0.3, -0.25) is 0 Å². The van der Waals surface area contributed by atoms with E-state index in [1.165, 1.54) is 69.8 Å². The van der Waals surface area contributed by atoms with E-state index in [9.17, 15) is 0 Å². The van der Waals surface area contributed by atoms with Gasteiger partial charge in [0.15, 0.2) is 0 Å². The minimum atomic E-state index is 0.863. The lowest BCUT2D eigenvalue weighted by molar-refractivity contribution is 0.133. The zero-order chi connectivity index (χ0) is 15.0. The molecule has 0 atom stereocenters. The van der Waals surface area contributed by atoms with Gasteiger partial charge >= 0.3 is 0 Å². The van der Waals surface area contributed by atoms with Crippen LogP contribution in [-0.2, 0) is 11.2 Å². The molecule has 0 aliphatic rings. The average Bonchev–Trinajstić information content (AvgIpc) is 2.53. The molecule has 0 unspecified atom stereocenters. The summed E-state index contributed by atoms with van der Waals surface area (Å²) in [7, 11) is 0. The molecular formula is C20H34O. The third kappa shape index (κ3) is 11.5. The Morgan fingerprint density at radius 3 is 1.86 bits per heavy atom. The van der Waals surface area contributed by atoms with Crippen molar-refractivity contribution < 1.29 is 4.74 Å². The van der Waals surface area contributed by atoms with Gasteiger partial charge in [0.1, 0.15) is 0 Å². The van der Waals surface area contributed by atoms with E-state index in [-0.39, 0.29) is 0 Å². The second-order valence-electron chi connectivity index (χ2n) is 6.03. The van der Waals surface area contributed by atoms with Gasteiger partial charge in [0.25, 0.3) is 0 Å². The molecule has 1 heteroatoms. The first-order valence-electron chi connectivity index (χ1n) is 9.05. The summed E-state index contributed by atoms with van der Waals surface area (Å²) in [5, 5.41) is 0. The minimum absolute atomic E-state index is 0.863. The molecule has 1 aromatic carbocycles. The van der Waals surface area contributed by atoms with Gasteiger partial charge in [-0.25, -0.2) is 0 Å². The van der Waals surface area contributed by atoms with Gasteiger partial charge < -0.3 is 4.74 Å². The van der Waals surface area contributed by atoms with E-state index >= 15 is 0 Å². The van der Waals surface area contributed by atoms with E-state index in [4.69, 9.17) is 4.74 Å². The fourth-order valence-corrected chi connectivity index (χ4v) is 2.63. The van der Waals surface area contributed by atoms with Gasteiger partial charge in [-0.15, -0.1) is 0 Å². The normalized spacial score (nSPS) is 10.9. The smallest absolute Gasteiger partial charge is 0.0506 e. The molecule has 1 rings (SSSR count). The highest BCUT2D eigenvalue weighted by Gasteiger charge is 1.94. The minimum Gasteiger partial charge on any atom is -0.381 e. The summed E-state index contributed by atoms with van der Waals surface area (Å²) < 4.78 is 5.71. The monoisotopic (exact) mass is 290 g/mol. The Morgan fingerprint density at radius 2 is 1.24 bits per heavy atom. The van der Waals surface area contributed by atoms with Crippen LogP contribution in [0.25, 0.3) is 0 Å². The summed E-state index contributed by atoms with van der Waals surface area (Å²) in [5.74, 6) is 0. The van der Waals surface area contributed by atoms with Crippen molar-refractivity contribution in [3.63, 3.8) is 0 Å². The lowest BCUT2D eigenvalue weighted by atomic mass is 10.1. The van der Waals surface area contributed by atoms with Crippen LogP contribution in [0.3, 0.4) is 0 Å². The van der Waals surface area contributed by atoms with Crippen molar-refractivity contribution in [1.82, 2.24) is 0 Å². The SMILES string of the molecule is CCCCCCCCCCCCOCCc1ccccc1. The topological polar surface area (TPSA) is 9.23 Å². The van der Waals surface area contributed by atoms with E-state index in [2.05, 4.69) is 37.3 Å². The van der Waals surface area contributed by atoms with Crippen molar-refractivity contribution in [1.29, 1.82) is 0 Å². The summed E-state index contributed by atoms with van der Waals surface area (Å²) in [6, 6.07) is 10.6. The van der Waals surface area contributed by atoms with Gasteiger partial charge in [-0.1, -0.05) is 95.0 Å². The maximum absolute atomic E-state index is 5.71. The van der Waals surface area contributed by atoms with Crippen molar-refractivity contribution in [2.45, 2.75) is 77.6 Å². The van der Waals surface area contributed by atoms with Crippen LogP contribution in [0.4, 0.5) is 0 Å². The summed E-state index contributed by atoms with van der Waals surface area (Å²) in [6.07, 6.45) is 14.9. The summed E-state index contributed by atoms with van der Waals surface area (Å²) in [5.41, 5.74) is 1.38. The standard InChI is InChI=1S/C20H34O/c1-2-3-4-5-6-7-8-9-10-14-18-21-19-17-20-15-12-11-13-16-20/h11-13,15-16H,2-10,14,17-19H2,1H3. The third-order valence-electron chi connectivity index (χ3n) is 4.02. The van der Waals surface area contributed by atoms with Crippen LogP contribution < -0.4 is 0 Å². The second-order valence-corrected chi connectivity index (χ2v) is 6.03. The molecule has 0 radical (unpaired) electrons. The molecule has 1 nitrogen and oxygen atoms in total. The van der Waals surface area contributed by atoms with Crippen molar-refractivity contribution in [2.75, 3.05) is 13.2 Å². The van der Waals surface area contributed by atoms with E-state index in [0.717, 1.165) is 19.6 Å². The quantitative estimate of drug-likeness (QED) is 0.372. The van der Waals surface area contributed by atoms with Gasteiger partial charge in [-0.2, -0.15) is 0 Å². The van der Waals surface area contributed by atoms with Crippen molar-refractivity contribution in [2.24, 2.45) is 0 Å². The lowest BCUT2D eigenvalue weighted by Gasteiger charge is -2.05. The predicted molar refractivity (Wildman–Crippen MR) is 92.8 cm³/mol. The molecular weight excluding hydrogens is 256 g/mol. The van der Waals surface area contributed by atoms with Crippen molar-refractivity contribution in [3.05, 3.63) is 35.9 Å². The van der Waals surface area contributed by atoms with E-state index in [1.807, 2.05) is 0 Å². The van der Waals surface area contributed by atoms with Crippen molar-refractivity contribution >= 4 is 0 Å². The fourth-order valence-electron chi connectivity index (χ4n) is 2.63. The average molecular weight is 290 g/mol. The Bertz CT molecular complexity index is 307. The first-order valence-corrected chi connectivity index (χ1v) is 9.05. The largest absolute Gasteiger partial charge is 0.381 e. The van der Waals surface area contributed by atoms with Gasteiger partial charge in [0.05, 0.1) is 6.61 Å². The molecule has 0 saturated carbocycles. The maximum atomic E-state index is 5.71.